The Hall–Kier alpha value is -1.40. The van der Waals surface area contributed by atoms with Gasteiger partial charge in [-0.15, -0.1) is 0 Å². The summed E-state index contributed by atoms with van der Waals surface area (Å²) >= 11 is 3.00. The lowest BCUT2D eigenvalue weighted by atomic mass is 10.0. The smallest absolute Gasteiger partial charge is 0.135 e. The highest BCUT2D eigenvalue weighted by Crippen LogP contribution is 2.29. The molecular formula is C13H7BrF4O. The SMILES string of the molecule is OC(c1cc(F)cc(Br)c1)c1c(F)cc(F)cc1F. The van der Waals surface area contributed by atoms with Gasteiger partial charge in [0.05, 0.1) is 5.56 Å². The molecule has 1 N–H and O–H groups in total. The molecule has 0 bridgehead atoms. The van der Waals surface area contributed by atoms with Crippen LogP contribution in [0.4, 0.5) is 17.6 Å². The molecule has 100 valence electrons. The van der Waals surface area contributed by atoms with E-state index in [9.17, 15) is 22.7 Å². The monoisotopic (exact) mass is 334 g/mol. The number of aliphatic hydroxyl groups is 1. The molecule has 0 aliphatic rings. The minimum atomic E-state index is -1.73. The maximum Gasteiger partial charge on any atom is 0.135 e. The van der Waals surface area contributed by atoms with E-state index in [1.807, 2.05) is 0 Å². The lowest BCUT2D eigenvalue weighted by molar-refractivity contribution is 0.208. The van der Waals surface area contributed by atoms with E-state index in [0.29, 0.717) is 16.6 Å². The van der Waals surface area contributed by atoms with E-state index in [4.69, 9.17) is 0 Å². The number of aliphatic hydroxyl groups excluding tert-OH is 1. The van der Waals surface area contributed by atoms with Crippen molar-refractivity contribution in [2.24, 2.45) is 0 Å². The third kappa shape index (κ3) is 2.96. The zero-order valence-corrected chi connectivity index (χ0v) is 10.9. The van der Waals surface area contributed by atoms with Crippen LogP contribution in [0, 0.1) is 23.3 Å². The molecular weight excluding hydrogens is 328 g/mol. The fourth-order valence-electron chi connectivity index (χ4n) is 1.71. The molecule has 2 aromatic carbocycles. The molecule has 0 spiro atoms. The van der Waals surface area contributed by atoms with Crippen molar-refractivity contribution < 1.29 is 22.7 Å². The van der Waals surface area contributed by atoms with E-state index in [1.165, 1.54) is 6.07 Å². The lowest BCUT2D eigenvalue weighted by Gasteiger charge is -2.14. The second-order valence-electron chi connectivity index (χ2n) is 3.89. The first-order valence-corrected chi connectivity index (χ1v) is 5.96. The van der Waals surface area contributed by atoms with Crippen molar-refractivity contribution in [3.8, 4) is 0 Å². The van der Waals surface area contributed by atoms with Crippen LogP contribution in [0.1, 0.15) is 17.2 Å². The van der Waals surface area contributed by atoms with E-state index in [1.54, 1.807) is 0 Å². The van der Waals surface area contributed by atoms with Gasteiger partial charge in [0, 0.05) is 16.6 Å². The molecule has 0 heterocycles. The fraction of sp³-hybridized carbons (Fsp3) is 0.0769. The minimum absolute atomic E-state index is 0.0451. The van der Waals surface area contributed by atoms with Gasteiger partial charge in [-0.05, 0) is 23.8 Å². The van der Waals surface area contributed by atoms with Gasteiger partial charge in [-0.1, -0.05) is 15.9 Å². The quantitative estimate of drug-likeness (QED) is 0.820. The maximum atomic E-state index is 13.5. The van der Waals surface area contributed by atoms with E-state index in [-0.39, 0.29) is 5.56 Å². The molecule has 1 nitrogen and oxygen atoms in total. The summed E-state index contributed by atoms with van der Waals surface area (Å²) < 4.78 is 53.3. The Morgan fingerprint density at radius 2 is 1.37 bits per heavy atom. The summed E-state index contributed by atoms with van der Waals surface area (Å²) in [6, 6.07) is 4.30. The van der Waals surface area contributed by atoms with E-state index in [0.717, 1.165) is 12.1 Å². The summed E-state index contributed by atoms with van der Waals surface area (Å²) in [4.78, 5) is 0. The molecule has 1 atom stereocenters. The highest BCUT2D eigenvalue weighted by molar-refractivity contribution is 9.10. The van der Waals surface area contributed by atoms with Crippen molar-refractivity contribution in [2.45, 2.75) is 6.10 Å². The normalized spacial score (nSPS) is 12.5. The van der Waals surface area contributed by atoms with Crippen LogP contribution in [0.5, 0.6) is 0 Å². The summed E-state index contributed by atoms with van der Waals surface area (Å²) in [6.45, 7) is 0. The van der Waals surface area contributed by atoms with E-state index in [2.05, 4.69) is 15.9 Å². The first-order valence-electron chi connectivity index (χ1n) is 5.17. The number of hydrogen-bond donors (Lipinski definition) is 1. The number of benzene rings is 2. The van der Waals surface area contributed by atoms with Crippen molar-refractivity contribution in [1.82, 2.24) is 0 Å². The Morgan fingerprint density at radius 1 is 0.842 bits per heavy atom. The Bertz CT molecular complexity index is 587. The second-order valence-corrected chi connectivity index (χ2v) is 4.80. The van der Waals surface area contributed by atoms with Crippen LogP contribution >= 0.6 is 15.9 Å². The Kier molecular flexibility index (Phi) is 3.91. The topological polar surface area (TPSA) is 20.2 Å². The molecule has 1 unspecified atom stereocenters. The Morgan fingerprint density at radius 3 is 1.89 bits per heavy atom. The molecule has 2 rings (SSSR count). The predicted octanol–water partition coefficient (Wildman–Crippen LogP) is 4.09. The zero-order chi connectivity index (χ0) is 14.2. The summed E-state index contributed by atoms with van der Waals surface area (Å²) in [7, 11) is 0. The first-order chi connectivity index (χ1) is 8.88. The molecule has 19 heavy (non-hydrogen) atoms. The molecule has 0 fully saturated rings. The van der Waals surface area contributed by atoms with Crippen LogP contribution < -0.4 is 0 Å². The number of halogens is 5. The molecule has 0 aromatic heterocycles. The largest absolute Gasteiger partial charge is 0.383 e. The summed E-state index contributed by atoms with van der Waals surface area (Å²) in [6.07, 6.45) is -1.73. The van der Waals surface area contributed by atoms with Crippen molar-refractivity contribution in [1.29, 1.82) is 0 Å². The van der Waals surface area contributed by atoms with Gasteiger partial charge < -0.3 is 5.11 Å². The third-order valence-electron chi connectivity index (χ3n) is 2.52. The van der Waals surface area contributed by atoms with Gasteiger partial charge in [0.2, 0.25) is 0 Å². The van der Waals surface area contributed by atoms with Crippen molar-refractivity contribution >= 4 is 15.9 Å². The van der Waals surface area contributed by atoms with Crippen LogP contribution in [0.2, 0.25) is 0 Å². The third-order valence-corrected chi connectivity index (χ3v) is 2.98. The van der Waals surface area contributed by atoms with Crippen LogP contribution in [0.15, 0.2) is 34.8 Å². The van der Waals surface area contributed by atoms with Gasteiger partial charge in [-0.2, -0.15) is 0 Å². The van der Waals surface area contributed by atoms with Crippen LogP contribution in [0.25, 0.3) is 0 Å². The molecule has 2 aromatic rings. The maximum absolute atomic E-state index is 13.5. The highest BCUT2D eigenvalue weighted by Gasteiger charge is 2.21. The predicted molar refractivity (Wildman–Crippen MR) is 64.5 cm³/mol. The molecule has 0 saturated heterocycles. The molecule has 0 saturated carbocycles. The first kappa shape index (κ1) is 14.0. The zero-order valence-electron chi connectivity index (χ0n) is 9.30. The molecule has 0 radical (unpaired) electrons. The van der Waals surface area contributed by atoms with Gasteiger partial charge in [-0.25, -0.2) is 17.6 Å². The Balaban J connectivity index is 2.52. The standard InChI is InChI=1S/C13H7BrF4O/c14-7-1-6(2-8(15)3-7)13(19)12-10(17)4-9(16)5-11(12)18/h1-5,13,19H. The van der Waals surface area contributed by atoms with E-state index >= 15 is 0 Å². The average molecular weight is 335 g/mol. The van der Waals surface area contributed by atoms with Gasteiger partial charge in [-0.3, -0.25) is 0 Å². The van der Waals surface area contributed by atoms with Gasteiger partial charge in [0.15, 0.2) is 0 Å². The second kappa shape index (κ2) is 5.30. The van der Waals surface area contributed by atoms with E-state index < -0.39 is 34.9 Å². The minimum Gasteiger partial charge on any atom is -0.383 e. The number of hydrogen-bond acceptors (Lipinski definition) is 1. The highest BCUT2D eigenvalue weighted by atomic mass is 79.9. The fourth-order valence-corrected chi connectivity index (χ4v) is 2.20. The van der Waals surface area contributed by atoms with Gasteiger partial charge in [0.1, 0.15) is 29.4 Å². The molecule has 0 amide bonds. The summed E-state index contributed by atoms with van der Waals surface area (Å²) in [5, 5.41) is 9.90. The van der Waals surface area contributed by atoms with Crippen molar-refractivity contribution in [3.05, 3.63) is 69.2 Å². The van der Waals surface area contributed by atoms with Crippen molar-refractivity contribution in [3.63, 3.8) is 0 Å². The van der Waals surface area contributed by atoms with Crippen molar-refractivity contribution in [2.75, 3.05) is 0 Å². The summed E-state index contributed by atoms with van der Waals surface area (Å²) in [5.41, 5.74) is -0.768. The Labute approximate surface area is 114 Å². The lowest BCUT2D eigenvalue weighted by Crippen LogP contribution is -2.07. The van der Waals surface area contributed by atoms with Crippen LogP contribution in [-0.4, -0.2) is 5.11 Å². The average Bonchev–Trinajstić information content (AvgIpc) is 2.25. The molecule has 0 aliphatic carbocycles. The molecule has 6 heteroatoms. The number of rotatable bonds is 2. The summed E-state index contributed by atoms with van der Waals surface area (Å²) in [5.74, 6) is -4.23. The molecule has 0 aliphatic heterocycles. The van der Waals surface area contributed by atoms with Gasteiger partial charge in [0.25, 0.3) is 0 Å². The van der Waals surface area contributed by atoms with Gasteiger partial charge >= 0.3 is 0 Å². The van der Waals surface area contributed by atoms with Crippen LogP contribution in [-0.2, 0) is 0 Å². The van der Waals surface area contributed by atoms with Crippen LogP contribution in [0.3, 0.4) is 0 Å².